The number of carbonyl (C=O) groups excluding carboxylic acids is 2. The largest absolute Gasteiger partial charge is 0.369 e. The van der Waals surface area contributed by atoms with Crippen molar-refractivity contribution >= 4 is 11.8 Å². The Labute approximate surface area is 137 Å². The van der Waals surface area contributed by atoms with E-state index in [1.54, 1.807) is 0 Å². The average Bonchev–Trinajstić information content (AvgIpc) is 2.79. The molecular formula is C18H25N3O2. The summed E-state index contributed by atoms with van der Waals surface area (Å²) in [6, 6.07) is 8.33. The minimum Gasteiger partial charge on any atom is -0.369 e. The van der Waals surface area contributed by atoms with E-state index in [4.69, 9.17) is 5.73 Å². The van der Waals surface area contributed by atoms with Crippen LogP contribution in [0.5, 0.6) is 0 Å². The standard InChI is InChI=1S/C18H25N3O2/c19-17(22)13-20-9-4-10-21(12-11-20)18(23)16-8-3-6-14-5-1-2-7-15(14)16/h1-2,5,7,16H,3-4,6,8-13H2,(H2,19,22). The maximum absolute atomic E-state index is 13.0. The van der Waals surface area contributed by atoms with Crippen LogP contribution in [0.25, 0.3) is 0 Å². The van der Waals surface area contributed by atoms with E-state index < -0.39 is 0 Å². The molecule has 1 unspecified atom stereocenters. The smallest absolute Gasteiger partial charge is 0.231 e. The van der Waals surface area contributed by atoms with E-state index in [0.29, 0.717) is 6.54 Å². The number of benzene rings is 1. The predicted molar refractivity (Wildman–Crippen MR) is 89.0 cm³/mol. The molecule has 1 heterocycles. The van der Waals surface area contributed by atoms with Gasteiger partial charge in [-0.2, -0.15) is 0 Å². The Hall–Kier alpha value is -1.88. The number of nitrogens with zero attached hydrogens (tertiary/aromatic N) is 2. The number of hydrogen-bond donors (Lipinski definition) is 1. The molecule has 1 aromatic rings. The number of hydrogen-bond acceptors (Lipinski definition) is 3. The maximum Gasteiger partial charge on any atom is 0.231 e. The fourth-order valence-corrected chi connectivity index (χ4v) is 3.80. The molecule has 0 spiro atoms. The van der Waals surface area contributed by atoms with Gasteiger partial charge in [-0.3, -0.25) is 14.5 Å². The van der Waals surface area contributed by atoms with Gasteiger partial charge in [0.15, 0.2) is 0 Å². The molecule has 0 saturated carbocycles. The van der Waals surface area contributed by atoms with E-state index in [1.807, 2.05) is 15.9 Å². The molecule has 5 nitrogen and oxygen atoms in total. The molecule has 1 fully saturated rings. The number of amides is 2. The van der Waals surface area contributed by atoms with Crippen LogP contribution in [-0.2, 0) is 16.0 Å². The lowest BCUT2D eigenvalue weighted by Gasteiger charge is -2.30. The van der Waals surface area contributed by atoms with E-state index in [1.165, 1.54) is 11.1 Å². The second kappa shape index (κ2) is 7.13. The van der Waals surface area contributed by atoms with Crippen molar-refractivity contribution in [1.82, 2.24) is 9.80 Å². The van der Waals surface area contributed by atoms with Gasteiger partial charge in [0.05, 0.1) is 12.5 Å². The summed E-state index contributed by atoms with van der Waals surface area (Å²) in [4.78, 5) is 28.1. The Bertz CT molecular complexity index is 587. The zero-order valence-electron chi connectivity index (χ0n) is 13.5. The maximum atomic E-state index is 13.0. The Balaban J connectivity index is 1.68. The summed E-state index contributed by atoms with van der Waals surface area (Å²) < 4.78 is 0. The van der Waals surface area contributed by atoms with Crippen molar-refractivity contribution in [3.8, 4) is 0 Å². The van der Waals surface area contributed by atoms with Crippen LogP contribution in [0.15, 0.2) is 24.3 Å². The van der Waals surface area contributed by atoms with Crippen molar-refractivity contribution in [1.29, 1.82) is 0 Å². The van der Waals surface area contributed by atoms with Gasteiger partial charge in [-0.1, -0.05) is 24.3 Å². The number of fused-ring (bicyclic) bond motifs is 1. The SMILES string of the molecule is NC(=O)CN1CCCN(C(=O)C2CCCc3ccccc32)CC1. The molecule has 124 valence electrons. The van der Waals surface area contributed by atoms with Crippen LogP contribution in [0.2, 0.25) is 0 Å². The van der Waals surface area contributed by atoms with Gasteiger partial charge in [0.25, 0.3) is 0 Å². The molecule has 1 atom stereocenters. The lowest BCUT2D eigenvalue weighted by Crippen LogP contribution is -2.40. The molecule has 23 heavy (non-hydrogen) atoms. The van der Waals surface area contributed by atoms with Crippen LogP contribution in [0.1, 0.15) is 36.3 Å². The van der Waals surface area contributed by atoms with Gasteiger partial charge in [0, 0.05) is 26.2 Å². The highest BCUT2D eigenvalue weighted by Gasteiger charge is 2.30. The van der Waals surface area contributed by atoms with Crippen LogP contribution >= 0.6 is 0 Å². The molecule has 3 rings (SSSR count). The molecule has 1 aliphatic carbocycles. The van der Waals surface area contributed by atoms with Gasteiger partial charge < -0.3 is 10.6 Å². The lowest BCUT2D eigenvalue weighted by atomic mass is 9.82. The van der Waals surface area contributed by atoms with Gasteiger partial charge >= 0.3 is 0 Å². The van der Waals surface area contributed by atoms with Gasteiger partial charge in [-0.25, -0.2) is 0 Å². The van der Waals surface area contributed by atoms with Gasteiger partial charge in [-0.15, -0.1) is 0 Å². The summed E-state index contributed by atoms with van der Waals surface area (Å²) in [5.41, 5.74) is 7.81. The highest BCUT2D eigenvalue weighted by atomic mass is 16.2. The Morgan fingerprint density at radius 3 is 2.74 bits per heavy atom. The Morgan fingerprint density at radius 2 is 1.91 bits per heavy atom. The summed E-state index contributed by atoms with van der Waals surface area (Å²) in [5, 5.41) is 0. The second-order valence-corrected chi connectivity index (χ2v) is 6.56. The van der Waals surface area contributed by atoms with Crippen LogP contribution in [0, 0.1) is 0 Å². The predicted octanol–water partition coefficient (Wildman–Crippen LogP) is 1.13. The molecule has 1 aromatic carbocycles. The lowest BCUT2D eigenvalue weighted by molar-refractivity contribution is -0.133. The van der Waals surface area contributed by atoms with E-state index in [9.17, 15) is 9.59 Å². The zero-order chi connectivity index (χ0) is 16.2. The number of aryl methyl sites for hydroxylation is 1. The normalized spacial score (nSPS) is 22.3. The first-order valence-corrected chi connectivity index (χ1v) is 8.52. The number of primary amides is 1. The Morgan fingerprint density at radius 1 is 1.09 bits per heavy atom. The molecule has 0 aromatic heterocycles. The first-order valence-electron chi connectivity index (χ1n) is 8.52. The van der Waals surface area contributed by atoms with Gasteiger partial charge in [0.2, 0.25) is 11.8 Å². The minimum atomic E-state index is -0.300. The van der Waals surface area contributed by atoms with Crippen molar-refractivity contribution in [3.05, 3.63) is 35.4 Å². The number of nitrogens with two attached hydrogens (primary N) is 1. The average molecular weight is 315 g/mol. The zero-order valence-corrected chi connectivity index (χ0v) is 13.5. The van der Waals surface area contributed by atoms with Crippen molar-refractivity contribution in [2.45, 2.75) is 31.6 Å². The van der Waals surface area contributed by atoms with Crippen molar-refractivity contribution in [3.63, 3.8) is 0 Å². The fourth-order valence-electron chi connectivity index (χ4n) is 3.80. The van der Waals surface area contributed by atoms with Crippen molar-refractivity contribution in [2.24, 2.45) is 5.73 Å². The molecule has 2 amide bonds. The molecule has 0 bridgehead atoms. The van der Waals surface area contributed by atoms with Crippen LogP contribution in [-0.4, -0.2) is 54.3 Å². The number of rotatable bonds is 3. The van der Waals surface area contributed by atoms with Crippen molar-refractivity contribution < 1.29 is 9.59 Å². The quantitative estimate of drug-likeness (QED) is 0.909. The first kappa shape index (κ1) is 16.0. The van der Waals surface area contributed by atoms with E-state index in [-0.39, 0.29) is 24.3 Å². The molecule has 0 radical (unpaired) electrons. The molecule has 1 saturated heterocycles. The fraction of sp³-hybridized carbons (Fsp3) is 0.556. The first-order chi connectivity index (χ1) is 11.1. The minimum absolute atomic E-state index is 0.00244. The molecular weight excluding hydrogens is 290 g/mol. The van der Waals surface area contributed by atoms with Crippen LogP contribution < -0.4 is 5.73 Å². The molecule has 5 heteroatoms. The third-order valence-corrected chi connectivity index (χ3v) is 4.95. The molecule has 2 aliphatic rings. The van der Waals surface area contributed by atoms with Gasteiger partial charge in [-0.05, 0) is 36.8 Å². The molecule has 2 N–H and O–H groups in total. The summed E-state index contributed by atoms with van der Waals surface area (Å²) in [7, 11) is 0. The van der Waals surface area contributed by atoms with Crippen molar-refractivity contribution in [2.75, 3.05) is 32.7 Å². The summed E-state index contributed by atoms with van der Waals surface area (Å²) in [6.07, 6.45) is 3.99. The van der Waals surface area contributed by atoms with Crippen LogP contribution in [0.3, 0.4) is 0 Å². The van der Waals surface area contributed by atoms with Gasteiger partial charge in [0.1, 0.15) is 0 Å². The highest BCUT2D eigenvalue weighted by molar-refractivity contribution is 5.84. The number of carbonyl (C=O) groups is 2. The third-order valence-electron chi connectivity index (χ3n) is 4.95. The summed E-state index contributed by atoms with van der Waals surface area (Å²) >= 11 is 0. The van der Waals surface area contributed by atoms with Crippen LogP contribution in [0.4, 0.5) is 0 Å². The highest BCUT2D eigenvalue weighted by Crippen LogP contribution is 2.33. The summed E-state index contributed by atoms with van der Waals surface area (Å²) in [6.45, 7) is 3.29. The summed E-state index contributed by atoms with van der Waals surface area (Å²) in [5.74, 6) is -0.0494. The van der Waals surface area contributed by atoms with E-state index in [0.717, 1.165) is 45.3 Å². The Kier molecular flexibility index (Phi) is 4.96. The molecule has 1 aliphatic heterocycles. The topological polar surface area (TPSA) is 66.6 Å². The third kappa shape index (κ3) is 3.72. The van der Waals surface area contributed by atoms with E-state index in [2.05, 4.69) is 18.2 Å². The monoisotopic (exact) mass is 315 g/mol. The second-order valence-electron chi connectivity index (χ2n) is 6.56. The van der Waals surface area contributed by atoms with E-state index >= 15 is 0 Å².